The predicted octanol–water partition coefficient (Wildman–Crippen LogP) is 2.17. The highest BCUT2D eigenvalue weighted by Crippen LogP contribution is 2.20. The van der Waals surface area contributed by atoms with Gasteiger partial charge >= 0.3 is 0 Å². The Kier molecular flexibility index (Phi) is 6.03. The summed E-state index contributed by atoms with van der Waals surface area (Å²) in [5.74, 6) is 1.01. The Morgan fingerprint density at radius 3 is 2.48 bits per heavy atom. The van der Waals surface area contributed by atoms with E-state index in [9.17, 15) is 4.79 Å². The Labute approximate surface area is 171 Å². The van der Waals surface area contributed by atoms with Crippen molar-refractivity contribution < 1.29 is 4.79 Å². The summed E-state index contributed by atoms with van der Waals surface area (Å²) in [6.45, 7) is 4.18. The van der Waals surface area contributed by atoms with E-state index in [-0.39, 0.29) is 11.9 Å². The van der Waals surface area contributed by atoms with Gasteiger partial charge in [0.05, 0.1) is 12.6 Å². The molecule has 2 aromatic carbocycles. The van der Waals surface area contributed by atoms with Crippen LogP contribution < -0.4 is 16.0 Å². The van der Waals surface area contributed by atoms with Gasteiger partial charge in [-0.3, -0.25) is 9.69 Å². The Balaban J connectivity index is 1.32. The molecule has 1 aromatic heterocycles. The van der Waals surface area contributed by atoms with Crippen LogP contribution in [0.5, 0.6) is 0 Å². The maximum Gasteiger partial charge on any atom is 0.234 e. The molecule has 0 spiro atoms. The van der Waals surface area contributed by atoms with Crippen LogP contribution in [0.1, 0.15) is 11.6 Å². The van der Waals surface area contributed by atoms with E-state index in [2.05, 4.69) is 44.4 Å². The number of carbonyl (C=O) groups excluding carboxylic acids is 1. The van der Waals surface area contributed by atoms with E-state index in [0.29, 0.717) is 13.1 Å². The molecule has 0 aliphatic carbocycles. The molecule has 3 N–H and O–H groups in total. The molecular weight excluding hydrogens is 362 g/mol. The molecule has 6 heteroatoms. The third-order valence-corrected chi connectivity index (χ3v) is 5.46. The summed E-state index contributed by atoms with van der Waals surface area (Å²) in [6.07, 6.45) is 1.81. The molecule has 0 radical (unpaired) electrons. The number of benzene rings is 2. The first kappa shape index (κ1) is 19.4. The smallest absolute Gasteiger partial charge is 0.234 e. The van der Waals surface area contributed by atoms with Crippen LogP contribution in [0, 0.1) is 0 Å². The average molecular weight is 390 g/mol. The molecule has 1 amide bonds. The van der Waals surface area contributed by atoms with Crippen molar-refractivity contribution in [2.75, 3.05) is 44.2 Å². The minimum Gasteiger partial charge on any atom is -0.354 e. The van der Waals surface area contributed by atoms with Crippen LogP contribution in [-0.2, 0) is 4.79 Å². The lowest BCUT2D eigenvalue weighted by Crippen LogP contribution is -2.50. The second kappa shape index (κ2) is 9.03. The van der Waals surface area contributed by atoms with Crippen molar-refractivity contribution in [3.05, 3.63) is 72.4 Å². The molecular formula is C23H27N5O. The molecule has 1 unspecified atom stereocenters. The van der Waals surface area contributed by atoms with Crippen LogP contribution in [0.4, 0.5) is 5.82 Å². The van der Waals surface area contributed by atoms with Crippen LogP contribution in [0.25, 0.3) is 10.8 Å². The summed E-state index contributed by atoms with van der Waals surface area (Å²) in [5, 5.41) is 5.45. The molecule has 29 heavy (non-hydrogen) atoms. The zero-order chi connectivity index (χ0) is 20.1. The maximum atomic E-state index is 12.6. The van der Waals surface area contributed by atoms with Gasteiger partial charge in [0.2, 0.25) is 5.91 Å². The fourth-order valence-electron chi connectivity index (χ4n) is 3.82. The van der Waals surface area contributed by atoms with Crippen molar-refractivity contribution >= 4 is 22.5 Å². The molecule has 1 aliphatic heterocycles. The summed E-state index contributed by atoms with van der Waals surface area (Å²) >= 11 is 0. The molecule has 6 nitrogen and oxygen atoms in total. The number of hydrogen-bond donors (Lipinski definition) is 2. The van der Waals surface area contributed by atoms with Crippen LogP contribution in [0.3, 0.4) is 0 Å². The number of aromatic nitrogens is 1. The van der Waals surface area contributed by atoms with Crippen molar-refractivity contribution in [2.24, 2.45) is 5.73 Å². The number of piperazine rings is 1. The highest BCUT2D eigenvalue weighted by Gasteiger charge is 2.21. The van der Waals surface area contributed by atoms with E-state index in [0.717, 1.165) is 42.9 Å². The molecule has 1 fully saturated rings. The Hall–Kier alpha value is -2.96. The van der Waals surface area contributed by atoms with Gasteiger partial charge in [0, 0.05) is 38.9 Å². The van der Waals surface area contributed by atoms with Gasteiger partial charge in [-0.1, -0.05) is 42.5 Å². The largest absolute Gasteiger partial charge is 0.354 e. The van der Waals surface area contributed by atoms with Crippen molar-refractivity contribution in [1.29, 1.82) is 0 Å². The fourth-order valence-corrected chi connectivity index (χ4v) is 3.82. The van der Waals surface area contributed by atoms with Crippen LogP contribution in [0.15, 0.2) is 66.9 Å². The summed E-state index contributed by atoms with van der Waals surface area (Å²) in [4.78, 5) is 21.5. The first-order valence-electron chi connectivity index (χ1n) is 10.1. The molecule has 1 aliphatic rings. The second-order valence-electron chi connectivity index (χ2n) is 7.41. The van der Waals surface area contributed by atoms with Crippen molar-refractivity contribution in [2.45, 2.75) is 6.04 Å². The van der Waals surface area contributed by atoms with Crippen molar-refractivity contribution in [1.82, 2.24) is 15.2 Å². The number of nitrogens with one attached hydrogen (secondary N) is 1. The zero-order valence-electron chi connectivity index (χ0n) is 16.5. The molecule has 3 aromatic rings. The topological polar surface area (TPSA) is 74.5 Å². The highest BCUT2D eigenvalue weighted by molar-refractivity contribution is 5.83. The van der Waals surface area contributed by atoms with Crippen LogP contribution >= 0.6 is 0 Å². The molecule has 4 rings (SSSR count). The van der Waals surface area contributed by atoms with Gasteiger partial charge < -0.3 is 16.0 Å². The number of nitrogens with zero attached hydrogens (tertiary/aromatic N) is 3. The van der Waals surface area contributed by atoms with E-state index in [4.69, 9.17) is 5.73 Å². The Morgan fingerprint density at radius 1 is 1.00 bits per heavy atom. The van der Waals surface area contributed by atoms with E-state index >= 15 is 0 Å². The number of anilines is 1. The highest BCUT2D eigenvalue weighted by atomic mass is 16.2. The van der Waals surface area contributed by atoms with Gasteiger partial charge in [0.1, 0.15) is 5.82 Å². The lowest BCUT2D eigenvalue weighted by atomic mass is 10.0. The van der Waals surface area contributed by atoms with Crippen LogP contribution in [-0.4, -0.2) is 55.1 Å². The lowest BCUT2D eigenvalue weighted by Gasteiger charge is -2.35. The van der Waals surface area contributed by atoms with E-state index in [1.165, 1.54) is 5.39 Å². The van der Waals surface area contributed by atoms with Gasteiger partial charge in [-0.2, -0.15) is 0 Å². The SMILES string of the molecule is NCC(NC(=O)CN1CCN(c2ccccn2)CC1)c1ccc2ccccc2c1. The summed E-state index contributed by atoms with van der Waals surface area (Å²) in [7, 11) is 0. The van der Waals surface area contributed by atoms with E-state index in [1.54, 1.807) is 0 Å². The normalized spacial score (nSPS) is 16.0. The first-order valence-corrected chi connectivity index (χ1v) is 10.1. The fraction of sp³-hybridized carbons (Fsp3) is 0.304. The summed E-state index contributed by atoms with van der Waals surface area (Å²) in [6, 6.07) is 20.2. The van der Waals surface area contributed by atoms with Gasteiger partial charge in [-0.25, -0.2) is 4.98 Å². The second-order valence-corrected chi connectivity index (χ2v) is 7.41. The van der Waals surface area contributed by atoms with E-state index in [1.807, 2.05) is 42.6 Å². The molecule has 0 bridgehead atoms. The minimum absolute atomic E-state index is 0.0138. The van der Waals surface area contributed by atoms with Gasteiger partial charge in [-0.05, 0) is 34.5 Å². The Bertz CT molecular complexity index is 954. The number of hydrogen-bond acceptors (Lipinski definition) is 5. The quantitative estimate of drug-likeness (QED) is 0.676. The average Bonchev–Trinajstić information content (AvgIpc) is 2.78. The van der Waals surface area contributed by atoms with Crippen molar-refractivity contribution in [3.8, 4) is 0 Å². The zero-order valence-corrected chi connectivity index (χ0v) is 16.5. The molecule has 0 saturated carbocycles. The third-order valence-electron chi connectivity index (χ3n) is 5.46. The summed E-state index contributed by atoms with van der Waals surface area (Å²) < 4.78 is 0. The molecule has 1 atom stereocenters. The number of amides is 1. The van der Waals surface area contributed by atoms with Crippen LogP contribution in [0.2, 0.25) is 0 Å². The number of fused-ring (bicyclic) bond motifs is 1. The maximum absolute atomic E-state index is 12.6. The monoisotopic (exact) mass is 389 g/mol. The van der Waals surface area contributed by atoms with Gasteiger partial charge in [0.25, 0.3) is 0 Å². The molecule has 1 saturated heterocycles. The van der Waals surface area contributed by atoms with Gasteiger partial charge in [-0.15, -0.1) is 0 Å². The number of pyridine rings is 1. The molecule has 150 valence electrons. The minimum atomic E-state index is -0.179. The molecule has 2 heterocycles. The first-order chi connectivity index (χ1) is 14.2. The van der Waals surface area contributed by atoms with Crippen molar-refractivity contribution in [3.63, 3.8) is 0 Å². The number of nitrogens with two attached hydrogens (primary N) is 1. The predicted molar refractivity (Wildman–Crippen MR) is 117 cm³/mol. The standard InChI is InChI=1S/C23H27N5O/c24-16-21(20-9-8-18-5-1-2-6-19(18)15-20)26-23(29)17-27-11-13-28(14-12-27)22-7-3-4-10-25-22/h1-10,15,21H,11-14,16-17,24H2,(H,26,29). The van der Waals surface area contributed by atoms with Gasteiger partial charge in [0.15, 0.2) is 0 Å². The number of rotatable bonds is 6. The third kappa shape index (κ3) is 4.72. The summed E-state index contributed by atoms with van der Waals surface area (Å²) in [5.41, 5.74) is 7.01. The Morgan fingerprint density at radius 2 is 1.76 bits per heavy atom. The lowest BCUT2D eigenvalue weighted by molar-refractivity contribution is -0.123. The number of carbonyl (C=O) groups is 1. The van der Waals surface area contributed by atoms with E-state index < -0.39 is 0 Å².